The van der Waals surface area contributed by atoms with Gasteiger partial charge in [-0.05, 0) is 37.1 Å². The Balaban J connectivity index is 2.18. The molecule has 0 bridgehead atoms. The van der Waals surface area contributed by atoms with Gasteiger partial charge < -0.3 is 10.0 Å². The molecule has 0 saturated heterocycles. The predicted molar refractivity (Wildman–Crippen MR) is 72.4 cm³/mol. The van der Waals surface area contributed by atoms with Gasteiger partial charge in [-0.25, -0.2) is 0 Å². The van der Waals surface area contributed by atoms with E-state index < -0.39 is 5.97 Å². The van der Waals surface area contributed by atoms with Gasteiger partial charge in [0.2, 0.25) is 0 Å². The summed E-state index contributed by atoms with van der Waals surface area (Å²) in [6.45, 7) is -0.244. The zero-order valence-corrected chi connectivity index (χ0v) is 11.3. The average molecular weight is 282 g/mol. The third kappa shape index (κ3) is 3.47. The number of benzene rings is 1. The quantitative estimate of drug-likeness (QED) is 0.923. The van der Waals surface area contributed by atoms with Gasteiger partial charge in [0.15, 0.2) is 0 Å². The lowest BCUT2D eigenvalue weighted by atomic mass is 10.1. The molecule has 1 aromatic carbocycles. The highest BCUT2D eigenvalue weighted by molar-refractivity contribution is 6.30. The molecule has 1 aliphatic carbocycles. The molecule has 0 aromatic heterocycles. The van der Waals surface area contributed by atoms with Gasteiger partial charge in [-0.15, -0.1) is 0 Å². The molecule has 1 amide bonds. The summed E-state index contributed by atoms with van der Waals surface area (Å²) in [7, 11) is 0. The number of carboxylic acids is 1. The summed E-state index contributed by atoms with van der Waals surface area (Å²) in [6.07, 6.45) is 3.86. The van der Waals surface area contributed by atoms with Gasteiger partial charge in [-0.3, -0.25) is 9.59 Å². The van der Waals surface area contributed by atoms with E-state index in [1.807, 2.05) is 0 Å². The molecule has 4 nitrogen and oxygen atoms in total. The number of amides is 1. The molecule has 0 aliphatic heterocycles. The van der Waals surface area contributed by atoms with Gasteiger partial charge in [-0.1, -0.05) is 24.4 Å². The van der Waals surface area contributed by atoms with Crippen molar-refractivity contribution in [2.24, 2.45) is 0 Å². The summed E-state index contributed by atoms with van der Waals surface area (Å²) >= 11 is 5.79. The lowest BCUT2D eigenvalue weighted by molar-refractivity contribution is -0.138. The van der Waals surface area contributed by atoms with Crippen LogP contribution in [-0.4, -0.2) is 34.5 Å². The molecule has 1 N–H and O–H groups in total. The maximum Gasteiger partial charge on any atom is 0.323 e. The zero-order valence-electron chi connectivity index (χ0n) is 10.5. The molecule has 0 radical (unpaired) electrons. The molecule has 19 heavy (non-hydrogen) atoms. The summed E-state index contributed by atoms with van der Waals surface area (Å²) in [4.78, 5) is 24.8. The molecular weight excluding hydrogens is 266 g/mol. The first-order valence-corrected chi connectivity index (χ1v) is 6.74. The Labute approximate surface area is 117 Å². The molecule has 1 aromatic rings. The van der Waals surface area contributed by atoms with Gasteiger partial charge in [0.25, 0.3) is 5.91 Å². The zero-order chi connectivity index (χ0) is 13.8. The van der Waals surface area contributed by atoms with Crippen molar-refractivity contribution in [2.75, 3.05) is 6.54 Å². The smallest absolute Gasteiger partial charge is 0.323 e. The van der Waals surface area contributed by atoms with E-state index in [1.54, 1.807) is 24.3 Å². The van der Waals surface area contributed by atoms with Crippen LogP contribution in [0.1, 0.15) is 36.0 Å². The number of carbonyl (C=O) groups is 2. The van der Waals surface area contributed by atoms with E-state index in [1.165, 1.54) is 4.90 Å². The number of rotatable bonds is 4. The van der Waals surface area contributed by atoms with E-state index in [0.29, 0.717) is 10.6 Å². The Kier molecular flexibility index (Phi) is 4.43. The monoisotopic (exact) mass is 281 g/mol. The lowest BCUT2D eigenvalue weighted by Gasteiger charge is -2.27. The molecular formula is C14H16ClNO3. The van der Waals surface area contributed by atoms with Crippen LogP contribution in [-0.2, 0) is 4.79 Å². The van der Waals surface area contributed by atoms with Gasteiger partial charge >= 0.3 is 5.97 Å². The lowest BCUT2D eigenvalue weighted by Crippen LogP contribution is -2.42. The van der Waals surface area contributed by atoms with E-state index in [0.717, 1.165) is 25.7 Å². The fourth-order valence-corrected chi connectivity index (χ4v) is 2.61. The minimum atomic E-state index is -0.978. The Morgan fingerprint density at radius 1 is 1.21 bits per heavy atom. The van der Waals surface area contributed by atoms with Crippen LogP contribution in [0.3, 0.4) is 0 Å². The Bertz CT molecular complexity index is 466. The van der Waals surface area contributed by atoms with Crippen molar-refractivity contribution in [1.29, 1.82) is 0 Å². The highest BCUT2D eigenvalue weighted by Crippen LogP contribution is 2.25. The summed E-state index contributed by atoms with van der Waals surface area (Å²) in [6, 6.07) is 6.59. The standard InChI is InChI=1S/C14H16ClNO3/c15-11-7-5-10(6-8-11)14(19)16(9-13(17)18)12-3-1-2-4-12/h5-8,12H,1-4,9H2,(H,17,18). The summed E-state index contributed by atoms with van der Waals surface area (Å²) in [5, 5.41) is 9.53. The third-order valence-corrected chi connectivity index (χ3v) is 3.68. The van der Waals surface area contributed by atoms with Crippen LogP contribution in [0.25, 0.3) is 0 Å². The van der Waals surface area contributed by atoms with Gasteiger partial charge in [0.05, 0.1) is 0 Å². The van der Waals surface area contributed by atoms with Crippen LogP contribution >= 0.6 is 11.6 Å². The van der Waals surface area contributed by atoms with Crippen LogP contribution in [0.15, 0.2) is 24.3 Å². The summed E-state index contributed by atoms with van der Waals surface area (Å²) in [5.74, 6) is -1.21. The van der Waals surface area contributed by atoms with Gasteiger partial charge in [0, 0.05) is 16.6 Å². The number of halogens is 1. The molecule has 1 fully saturated rings. The van der Waals surface area contributed by atoms with E-state index in [4.69, 9.17) is 16.7 Å². The highest BCUT2D eigenvalue weighted by Gasteiger charge is 2.28. The van der Waals surface area contributed by atoms with E-state index in [-0.39, 0.29) is 18.5 Å². The average Bonchev–Trinajstić information content (AvgIpc) is 2.89. The van der Waals surface area contributed by atoms with Crippen LogP contribution in [0.2, 0.25) is 5.02 Å². The SMILES string of the molecule is O=C(O)CN(C(=O)c1ccc(Cl)cc1)C1CCCC1. The summed E-state index contributed by atoms with van der Waals surface area (Å²) < 4.78 is 0. The third-order valence-electron chi connectivity index (χ3n) is 3.42. The molecule has 102 valence electrons. The second-order valence-electron chi connectivity index (χ2n) is 4.77. The van der Waals surface area contributed by atoms with Crippen molar-refractivity contribution in [2.45, 2.75) is 31.7 Å². The van der Waals surface area contributed by atoms with Gasteiger partial charge in [0.1, 0.15) is 6.54 Å². The van der Waals surface area contributed by atoms with Gasteiger partial charge in [-0.2, -0.15) is 0 Å². The molecule has 2 rings (SSSR count). The Morgan fingerprint density at radius 3 is 2.32 bits per heavy atom. The van der Waals surface area contributed by atoms with E-state index in [2.05, 4.69) is 0 Å². The Morgan fingerprint density at radius 2 is 1.79 bits per heavy atom. The molecule has 1 saturated carbocycles. The molecule has 0 heterocycles. The Hall–Kier alpha value is -1.55. The second-order valence-corrected chi connectivity index (χ2v) is 5.21. The van der Waals surface area contributed by atoms with Crippen molar-refractivity contribution in [3.05, 3.63) is 34.9 Å². The fourth-order valence-electron chi connectivity index (χ4n) is 2.49. The van der Waals surface area contributed by atoms with Crippen molar-refractivity contribution in [3.8, 4) is 0 Å². The second kappa shape index (κ2) is 6.06. The maximum atomic E-state index is 12.4. The van der Waals surface area contributed by atoms with E-state index in [9.17, 15) is 9.59 Å². The number of nitrogens with zero attached hydrogens (tertiary/aromatic N) is 1. The number of hydrogen-bond acceptors (Lipinski definition) is 2. The van der Waals surface area contributed by atoms with Crippen molar-refractivity contribution in [3.63, 3.8) is 0 Å². The molecule has 0 atom stereocenters. The topological polar surface area (TPSA) is 57.6 Å². The first-order chi connectivity index (χ1) is 9.08. The molecule has 0 unspecified atom stereocenters. The normalized spacial score (nSPS) is 15.4. The van der Waals surface area contributed by atoms with Crippen molar-refractivity contribution in [1.82, 2.24) is 4.90 Å². The van der Waals surface area contributed by atoms with Crippen LogP contribution in [0.5, 0.6) is 0 Å². The number of aliphatic carboxylic acids is 1. The summed E-state index contributed by atoms with van der Waals surface area (Å²) in [5.41, 5.74) is 0.484. The fraction of sp³-hybridized carbons (Fsp3) is 0.429. The van der Waals surface area contributed by atoms with Crippen molar-refractivity contribution < 1.29 is 14.7 Å². The number of carboxylic acid groups (broad SMARTS) is 1. The minimum absolute atomic E-state index is 0.0410. The van der Waals surface area contributed by atoms with Crippen molar-refractivity contribution >= 4 is 23.5 Å². The molecule has 5 heteroatoms. The predicted octanol–water partition coefficient (Wildman–Crippen LogP) is 2.81. The first-order valence-electron chi connectivity index (χ1n) is 6.36. The largest absolute Gasteiger partial charge is 0.480 e. The van der Waals surface area contributed by atoms with Crippen LogP contribution in [0, 0.1) is 0 Å². The molecule has 0 spiro atoms. The number of carbonyl (C=O) groups excluding carboxylic acids is 1. The molecule has 1 aliphatic rings. The first kappa shape index (κ1) is 13.9. The van der Waals surface area contributed by atoms with Crippen LogP contribution < -0.4 is 0 Å². The highest BCUT2D eigenvalue weighted by atomic mass is 35.5. The number of hydrogen-bond donors (Lipinski definition) is 1. The van der Waals surface area contributed by atoms with E-state index >= 15 is 0 Å². The minimum Gasteiger partial charge on any atom is -0.480 e. The maximum absolute atomic E-state index is 12.4. The van der Waals surface area contributed by atoms with Crippen LogP contribution in [0.4, 0.5) is 0 Å².